The summed E-state index contributed by atoms with van der Waals surface area (Å²) in [6, 6.07) is 7.58. The second kappa shape index (κ2) is 6.56. The number of carbonyl (C=O) groups excluding carboxylic acids is 1. The molecule has 0 saturated heterocycles. The number of aromatic carboxylic acids is 1. The number of benzene rings is 1. The highest BCUT2D eigenvalue weighted by Gasteiger charge is 2.21. The molecule has 8 nitrogen and oxygen atoms in total. The molecule has 0 aliphatic heterocycles. The molecule has 0 unspecified atom stereocenters. The molecule has 2 aromatic heterocycles. The molecule has 0 bridgehead atoms. The first-order valence-electron chi connectivity index (χ1n) is 7.28. The van der Waals surface area contributed by atoms with E-state index in [0.717, 1.165) is 5.56 Å². The minimum Gasteiger partial charge on any atom is -0.476 e. The van der Waals surface area contributed by atoms with Crippen molar-refractivity contribution in [1.29, 1.82) is 0 Å². The number of halogens is 1. The first-order valence-corrected chi connectivity index (χ1v) is 7.28. The molecule has 2 heterocycles. The largest absolute Gasteiger partial charge is 0.476 e. The molecular formula is C16H14FN5O3. The Balaban J connectivity index is 1.72. The average Bonchev–Trinajstić information content (AvgIpc) is 3.16. The monoisotopic (exact) mass is 343 g/mol. The van der Waals surface area contributed by atoms with E-state index in [9.17, 15) is 14.0 Å². The number of carboxylic acid groups (broad SMARTS) is 1. The molecule has 0 aliphatic carbocycles. The highest BCUT2D eigenvalue weighted by atomic mass is 19.1. The maximum absolute atomic E-state index is 12.9. The number of nitrogens with one attached hydrogen (secondary N) is 1. The van der Waals surface area contributed by atoms with Gasteiger partial charge in [-0.05, 0) is 17.7 Å². The third kappa shape index (κ3) is 3.71. The summed E-state index contributed by atoms with van der Waals surface area (Å²) < 4.78 is 15.7. The van der Waals surface area contributed by atoms with E-state index in [0.29, 0.717) is 6.54 Å². The molecule has 3 aromatic rings. The van der Waals surface area contributed by atoms with Crippen molar-refractivity contribution in [3.63, 3.8) is 0 Å². The summed E-state index contributed by atoms with van der Waals surface area (Å²) in [5.74, 6) is -1.94. The Kier molecular flexibility index (Phi) is 4.29. The van der Waals surface area contributed by atoms with Crippen LogP contribution >= 0.6 is 0 Å². The molecule has 9 heteroatoms. The van der Waals surface area contributed by atoms with Crippen LogP contribution in [0.25, 0.3) is 0 Å². The molecular weight excluding hydrogens is 329 g/mol. The van der Waals surface area contributed by atoms with Crippen molar-refractivity contribution in [2.75, 3.05) is 5.32 Å². The summed E-state index contributed by atoms with van der Waals surface area (Å²) in [5, 5.41) is 19.5. The van der Waals surface area contributed by atoms with E-state index in [4.69, 9.17) is 5.11 Å². The number of aromatic nitrogens is 4. The third-order valence-electron chi connectivity index (χ3n) is 3.42. The number of carbonyl (C=O) groups is 2. The predicted molar refractivity (Wildman–Crippen MR) is 85.8 cm³/mol. The average molecular weight is 343 g/mol. The molecule has 0 atom stereocenters. The maximum atomic E-state index is 12.9. The third-order valence-corrected chi connectivity index (χ3v) is 3.42. The van der Waals surface area contributed by atoms with Crippen LogP contribution in [-0.4, -0.2) is 36.5 Å². The van der Waals surface area contributed by atoms with Gasteiger partial charge in [0.05, 0.1) is 12.1 Å². The van der Waals surface area contributed by atoms with Crippen LogP contribution in [-0.2, 0) is 13.6 Å². The normalized spacial score (nSPS) is 10.6. The molecule has 128 valence electrons. The van der Waals surface area contributed by atoms with Crippen LogP contribution in [0.2, 0.25) is 0 Å². The predicted octanol–water partition coefficient (Wildman–Crippen LogP) is 1.75. The van der Waals surface area contributed by atoms with Gasteiger partial charge in [-0.1, -0.05) is 12.1 Å². The number of anilines is 1. The van der Waals surface area contributed by atoms with Gasteiger partial charge in [-0.15, -0.1) is 0 Å². The fourth-order valence-electron chi connectivity index (χ4n) is 2.29. The number of rotatable bonds is 5. The van der Waals surface area contributed by atoms with Crippen molar-refractivity contribution in [2.45, 2.75) is 6.54 Å². The van der Waals surface area contributed by atoms with Crippen molar-refractivity contribution in [3.05, 3.63) is 65.4 Å². The van der Waals surface area contributed by atoms with Crippen molar-refractivity contribution in [2.24, 2.45) is 7.05 Å². The molecule has 0 saturated carbocycles. The second-order valence-electron chi connectivity index (χ2n) is 5.35. The summed E-state index contributed by atoms with van der Waals surface area (Å²) in [5.41, 5.74) is 0.469. The van der Waals surface area contributed by atoms with Gasteiger partial charge in [0.15, 0.2) is 11.5 Å². The summed E-state index contributed by atoms with van der Waals surface area (Å²) in [4.78, 5) is 23.4. The Bertz CT molecular complexity index is 930. The van der Waals surface area contributed by atoms with E-state index in [1.54, 1.807) is 29.1 Å². The molecule has 1 amide bonds. The molecule has 25 heavy (non-hydrogen) atoms. The molecule has 0 spiro atoms. The van der Waals surface area contributed by atoms with Gasteiger partial charge in [-0.3, -0.25) is 14.2 Å². The zero-order chi connectivity index (χ0) is 18.0. The lowest BCUT2D eigenvalue weighted by molar-refractivity contribution is 0.0685. The summed E-state index contributed by atoms with van der Waals surface area (Å²) in [6.07, 6.45) is 2.98. The molecule has 2 N–H and O–H groups in total. The first-order chi connectivity index (χ1) is 11.9. The van der Waals surface area contributed by atoms with E-state index in [1.807, 2.05) is 0 Å². The number of carboxylic acids is 1. The number of hydrogen-bond donors (Lipinski definition) is 2. The van der Waals surface area contributed by atoms with Gasteiger partial charge in [0.25, 0.3) is 5.91 Å². The fraction of sp³-hybridized carbons (Fsp3) is 0.125. The van der Waals surface area contributed by atoms with Gasteiger partial charge >= 0.3 is 5.97 Å². The maximum Gasteiger partial charge on any atom is 0.357 e. The summed E-state index contributed by atoms with van der Waals surface area (Å²) >= 11 is 0. The van der Waals surface area contributed by atoms with Crippen LogP contribution in [0.1, 0.15) is 26.4 Å². The Morgan fingerprint density at radius 1 is 1.20 bits per heavy atom. The van der Waals surface area contributed by atoms with Gasteiger partial charge in [-0.2, -0.15) is 10.2 Å². The Morgan fingerprint density at radius 3 is 2.60 bits per heavy atom. The number of hydrogen-bond acceptors (Lipinski definition) is 4. The highest BCUT2D eigenvalue weighted by molar-refractivity contribution is 6.09. The minimum absolute atomic E-state index is 0.0527. The van der Waals surface area contributed by atoms with E-state index < -0.39 is 11.9 Å². The van der Waals surface area contributed by atoms with Gasteiger partial charge in [0.2, 0.25) is 0 Å². The second-order valence-corrected chi connectivity index (χ2v) is 5.35. The molecule has 0 aliphatic rings. The van der Waals surface area contributed by atoms with Crippen LogP contribution in [0.5, 0.6) is 0 Å². The topological polar surface area (TPSA) is 102 Å². The lowest BCUT2D eigenvalue weighted by atomic mass is 10.2. The first kappa shape index (κ1) is 16.4. The Hall–Kier alpha value is -3.49. The standard InChI is InChI=1S/C16H14FN5O3/c1-21-9-12(14(20-21)16(24)25)15(23)18-13-6-7-22(19-13)8-10-2-4-11(17)5-3-10/h2-7,9H,8H2,1H3,(H,24,25)(H,18,19,23). The molecule has 1 aromatic carbocycles. The van der Waals surface area contributed by atoms with Gasteiger partial charge in [0, 0.05) is 25.5 Å². The van der Waals surface area contributed by atoms with Gasteiger partial charge in [0.1, 0.15) is 5.82 Å². The number of nitrogens with zero attached hydrogens (tertiary/aromatic N) is 4. The van der Waals surface area contributed by atoms with Crippen LogP contribution in [0.4, 0.5) is 10.2 Å². The van der Waals surface area contributed by atoms with E-state index in [2.05, 4.69) is 15.5 Å². The molecule has 0 fully saturated rings. The van der Waals surface area contributed by atoms with E-state index in [-0.39, 0.29) is 22.9 Å². The van der Waals surface area contributed by atoms with Crippen LogP contribution in [0, 0.1) is 5.82 Å². The van der Waals surface area contributed by atoms with Crippen molar-refractivity contribution in [3.8, 4) is 0 Å². The van der Waals surface area contributed by atoms with E-state index in [1.165, 1.54) is 30.1 Å². The molecule has 3 rings (SSSR count). The van der Waals surface area contributed by atoms with Crippen molar-refractivity contribution < 1.29 is 19.1 Å². The Labute approximate surface area is 141 Å². The quantitative estimate of drug-likeness (QED) is 0.735. The van der Waals surface area contributed by atoms with Crippen LogP contribution in [0.15, 0.2) is 42.7 Å². The van der Waals surface area contributed by atoms with Gasteiger partial charge < -0.3 is 10.4 Å². The lowest BCUT2D eigenvalue weighted by Gasteiger charge is -2.03. The zero-order valence-corrected chi connectivity index (χ0v) is 13.2. The molecule has 0 radical (unpaired) electrons. The SMILES string of the molecule is Cn1cc(C(=O)Nc2ccn(Cc3ccc(F)cc3)n2)c(C(=O)O)n1. The van der Waals surface area contributed by atoms with Crippen molar-refractivity contribution >= 4 is 17.7 Å². The minimum atomic E-state index is -1.28. The van der Waals surface area contributed by atoms with Gasteiger partial charge in [-0.25, -0.2) is 9.18 Å². The summed E-state index contributed by atoms with van der Waals surface area (Å²) in [7, 11) is 1.53. The lowest BCUT2D eigenvalue weighted by Crippen LogP contribution is -2.16. The highest BCUT2D eigenvalue weighted by Crippen LogP contribution is 2.12. The zero-order valence-electron chi connectivity index (χ0n) is 13.2. The summed E-state index contributed by atoms with van der Waals surface area (Å²) in [6.45, 7) is 0.406. The number of amides is 1. The number of aryl methyl sites for hydroxylation is 1. The smallest absolute Gasteiger partial charge is 0.357 e. The van der Waals surface area contributed by atoms with Crippen LogP contribution < -0.4 is 5.32 Å². The van der Waals surface area contributed by atoms with Crippen molar-refractivity contribution in [1.82, 2.24) is 19.6 Å². The Morgan fingerprint density at radius 2 is 1.92 bits per heavy atom. The van der Waals surface area contributed by atoms with Crippen LogP contribution in [0.3, 0.4) is 0 Å². The fourth-order valence-corrected chi connectivity index (χ4v) is 2.29. The van der Waals surface area contributed by atoms with E-state index >= 15 is 0 Å².